The molecule has 2 N–H and O–H groups in total. The highest BCUT2D eigenvalue weighted by molar-refractivity contribution is 6.05. The summed E-state index contributed by atoms with van der Waals surface area (Å²) in [6.45, 7) is 1.97. The Hall–Kier alpha value is -2.62. The molecule has 6 rings (SSSR count). The highest BCUT2D eigenvalue weighted by Crippen LogP contribution is 2.60. The van der Waals surface area contributed by atoms with E-state index in [0.717, 1.165) is 54.0 Å². The van der Waals surface area contributed by atoms with Crippen LogP contribution in [0.2, 0.25) is 0 Å². The Balaban J connectivity index is 1.26. The zero-order chi connectivity index (χ0) is 20.0. The van der Waals surface area contributed by atoms with E-state index in [2.05, 4.69) is 10.6 Å². The molecule has 0 spiro atoms. The van der Waals surface area contributed by atoms with Crippen molar-refractivity contribution < 1.29 is 9.59 Å². The number of carbonyl (C=O) groups excluding carboxylic acids is 2. The van der Waals surface area contributed by atoms with Gasteiger partial charge in [-0.15, -0.1) is 0 Å². The zero-order valence-corrected chi connectivity index (χ0v) is 16.9. The van der Waals surface area contributed by atoms with Gasteiger partial charge in [-0.2, -0.15) is 0 Å². The van der Waals surface area contributed by atoms with Gasteiger partial charge < -0.3 is 10.6 Å². The van der Waals surface area contributed by atoms with Crippen LogP contribution in [0, 0.1) is 30.1 Å². The third kappa shape index (κ3) is 3.45. The smallest absolute Gasteiger partial charge is 0.255 e. The van der Waals surface area contributed by atoms with Crippen molar-refractivity contribution in [3.63, 3.8) is 0 Å². The summed E-state index contributed by atoms with van der Waals surface area (Å²) in [6, 6.07) is 15.0. The Morgan fingerprint density at radius 2 is 1.41 bits per heavy atom. The number of carbonyl (C=O) groups is 2. The number of benzene rings is 2. The first-order valence-electron chi connectivity index (χ1n) is 10.8. The largest absolute Gasteiger partial charge is 0.326 e. The van der Waals surface area contributed by atoms with E-state index in [1.807, 2.05) is 43.3 Å². The zero-order valence-electron chi connectivity index (χ0n) is 16.9. The molecule has 2 amide bonds. The lowest BCUT2D eigenvalue weighted by Crippen LogP contribution is -2.51. The first kappa shape index (κ1) is 18.4. The van der Waals surface area contributed by atoms with Crippen LogP contribution in [0.3, 0.4) is 0 Å². The molecule has 4 bridgehead atoms. The monoisotopic (exact) mass is 388 g/mol. The molecule has 0 unspecified atom stereocenters. The topological polar surface area (TPSA) is 58.2 Å². The third-order valence-corrected chi connectivity index (χ3v) is 7.32. The van der Waals surface area contributed by atoms with Gasteiger partial charge in [-0.05, 0) is 99.1 Å². The average molecular weight is 389 g/mol. The van der Waals surface area contributed by atoms with Crippen molar-refractivity contribution in [3.05, 3.63) is 59.7 Å². The van der Waals surface area contributed by atoms with Gasteiger partial charge in [0.15, 0.2) is 0 Å². The van der Waals surface area contributed by atoms with Gasteiger partial charge in [-0.25, -0.2) is 0 Å². The molecule has 2 aromatic rings. The standard InChI is InChI=1S/C25H28N2O2/c1-16-4-2-3-5-22(16)27-23(28)20-6-8-21(9-7-20)26-24(29)25-13-17-10-18(14-25)12-19(11-17)15-25/h2-9,17-19H,10-15H2,1H3,(H,26,29)(H,27,28). The van der Waals surface area contributed by atoms with E-state index in [9.17, 15) is 9.59 Å². The molecule has 4 nitrogen and oxygen atoms in total. The quantitative estimate of drug-likeness (QED) is 0.736. The fourth-order valence-corrected chi connectivity index (χ4v) is 6.26. The minimum Gasteiger partial charge on any atom is -0.326 e. The van der Waals surface area contributed by atoms with Crippen molar-refractivity contribution in [2.75, 3.05) is 10.6 Å². The Kier molecular flexibility index (Phi) is 4.45. The summed E-state index contributed by atoms with van der Waals surface area (Å²) < 4.78 is 0. The van der Waals surface area contributed by atoms with Gasteiger partial charge >= 0.3 is 0 Å². The van der Waals surface area contributed by atoms with Crippen LogP contribution in [-0.4, -0.2) is 11.8 Å². The first-order valence-corrected chi connectivity index (χ1v) is 10.8. The van der Waals surface area contributed by atoms with E-state index in [1.54, 1.807) is 12.1 Å². The summed E-state index contributed by atoms with van der Waals surface area (Å²) in [5, 5.41) is 6.10. The van der Waals surface area contributed by atoms with Crippen molar-refractivity contribution >= 4 is 23.2 Å². The van der Waals surface area contributed by atoms with Crippen molar-refractivity contribution in [2.45, 2.75) is 45.4 Å². The van der Waals surface area contributed by atoms with Crippen LogP contribution < -0.4 is 10.6 Å². The maximum Gasteiger partial charge on any atom is 0.255 e. The average Bonchev–Trinajstić information content (AvgIpc) is 2.69. The van der Waals surface area contributed by atoms with Crippen molar-refractivity contribution in [1.82, 2.24) is 0 Å². The van der Waals surface area contributed by atoms with Gasteiger partial charge in [0, 0.05) is 16.9 Å². The molecule has 0 atom stereocenters. The van der Waals surface area contributed by atoms with E-state index in [-0.39, 0.29) is 17.2 Å². The summed E-state index contributed by atoms with van der Waals surface area (Å²) in [5.41, 5.74) is 3.05. The van der Waals surface area contributed by atoms with E-state index < -0.39 is 0 Å². The SMILES string of the molecule is Cc1ccccc1NC(=O)c1ccc(NC(=O)C23CC4CC(CC(C4)C2)C3)cc1. The molecule has 4 aliphatic carbocycles. The summed E-state index contributed by atoms with van der Waals surface area (Å²) >= 11 is 0. The van der Waals surface area contributed by atoms with Gasteiger partial charge in [0.05, 0.1) is 5.41 Å². The van der Waals surface area contributed by atoms with E-state index in [0.29, 0.717) is 5.56 Å². The van der Waals surface area contributed by atoms with Crippen LogP contribution in [0.25, 0.3) is 0 Å². The van der Waals surface area contributed by atoms with Gasteiger partial charge in [0.1, 0.15) is 0 Å². The molecule has 4 heteroatoms. The predicted octanol–water partition coefficient (Wildman–Crippen LogP) is 5.40. The Labute approximate surface area is 172 Å². The van der Waals surface area contributed by atoms with Crippen molar-refractivity contribution in [3.8, 4) is 0 Å². The van der Waals surface area contributed by atoms with Gasteiger partial charge in [-0.1, -0.05) is 18.2 Å². The minimum absolute atomic E-state index is 0.140. The molecule has 0 radical (unpaired) electrons. The van der Waals surface area contributed by atoms with E-state index in [1.165, 1.54) is 19.3 Å². The van der Waals surface area contributed by atoms with Gasteiger partial charge in [0.25, 0.3) is 5.91 Å². The van der Waals surface area contributed by atoms with Crippen LogP contribution >= 0.6 is 0 Å². The fourth-order valence-electron chi connectivity index (χ4n) is 6.26. The fraction of sp³-hybridized carbons (Fsp3) is 0.440. The van der Waals surface area contributed by atoms with E-state index in [4.69, 9.17) is 0 Å². The number of anilines is 2. The highest BCUT2D eigenvalue weighted by Gasteiger charge is 2.54. The Bertz CT molecular complexity index is 912. The highest BCUT2D eigenvalue weighted by atomic mass is 16.2. The summed E-state index contributed by atoms with van der Waals surface area (Å²) in [4.78, 5) is 25.7. The molecule has 0 heterocycles. The molecule has 4 saturated carbocycles. The first-order chi connectivity index (χ1) is 14.0. The summed E-state index contributed by atoms with van der Waals surface area (Å²) in [5.74, 6) is 2.30. The number of hydrogen-bond acceptors (Lipinski definition) is 2. The Morgan fingerprint density at radius 3 is 2.00 bits per heavy atom. The molecule has 2 aromatic carbocycles. The summed E-state index contributed by atoms with van der Waals surface area (Å²) in [6.07, 6.45) is 7.16. The van der Waals surface area contributed by atoms with Crippen LogP contribution in [0.4, 0.5) is 11.4 Å². The molecule has 150 valence electrons. The number of aryl methyl sites for hydroxylation is 1. The van der Waals surface area contributed by atoms with Gasteiger partial charge in [0.2, 0.25) is 5.91 Å². The lowest BCUT2D eigenvalue weighted by molar-refractivity contribution is -0.140. The number of amides is 2. The third-order valence-electron chi connectivity index (χ3n) is 7.32. The molecular formula is C25H28N2O2. The second-order valence-electron chi connectivity index (χ2n) is 9.50. The number of rotatable bonds is 4. The van der Waals surface area contributed by atoms with Crippen LogP contribution in [0.15, 0.2) is 48.5 Å². The lowest BCUT2D eigenvalue weighted by atomic mass is 9.49. The van der Waals surface area contributed by atoms with Crippen molar-refractivity contribution in [1.29, 1.82) is 0 Å². The van der Waals surface area contributed by atoms with Gasteiger partial charge in [-0.3, -0.25) is 9.59 Å². The molecule has 0 aliphatic heterocycles. The van der Waals surface area contributed by atoms with E-state index >= 15 is 0 Å². The van der Waals surface area contributed by atoms with Crippen molar-refractivity contribution in [2.24, 2.45) is 23.2 Å². The summed E-state index contributed by atoms with van der Waals surface area (Å²) in [7, 11) is 0. The maximum absolute atomic E-state index is 13.2. The minimum atomic E-state index is -0.157. The molecule has 4 fully saturated rings. The molecule has 0 saturated heterocycles. The predicted molar refractivity (Wildman–Crippen MR) is 115 cm³/mol. The normalized spacial score (nSPS) is 29.5. The second kappa shape index (κ2) is 7.01. The maximum atomic E-state index is 13.2. The number of nitrogens with one attached hydrogen (secondary N) is 2. The second-order valence-corrected chi connectivity index (χ2v) is 9.50. The molecular weight excluding hydrogens is 360 g/mol. The van der Waals surface area contributed by atoms with Crippen LogP contribution in [0.5, 0.6) is 0 Å². The molecule has 4 aliphatic rings. The van der Waals surface area contributed by atoms with Crippen LogP contribution in [0.1, 0.15) is 54.4 Å². The van der Waals surface area contributed by atoms with Crippen LogP contribution in [-0.2, 0) is 4.79 Å². The molecule has 29 heavy (non-hydrogen) atoms. The molecule has 0 aromatic heterocycles. The lowest BCUT2D eigenvalue weighted by Gasteiger charge is -2.55. The Morgan fingerprint density at radius 1 is 0.828 bits per heavy atom. The number of hydrogen-bond donors (Lipinski definition) is 2. The number of para-hydroxylation sites is 1.